The largest absolute Gasteiger partial charge is 0.459 e. The van der Waals surface area contributed by atoms with Gasteiger partial charge in [0.25, 0.3) is 0 Å². The normalized spacial score (nSPS) is 27.0. The van der Waals surface area contributed by atoms with Gasteiger partial charge in [0.1, 0.15) is 11.6 Å². The molecule has 1 spiro atoms. The third kappa shape index (κ3) is 2.92. The van der Waals surface area contributed by atoms with E-state index in [1.54, 1.807) is 0 Å². The zero-order valence-corrected chi connectivity index (χ0v) is 14.0. The predicted octanol–water partition coefficient (Wildman–Crippen LogP) is 3.70. The van der Waals surface area contributed by atoms with Crippen molar-refractivity contribution in [2.24, 2.45) is 0 Å². The zero-order valence-electron chi connectivity index (χ0n) is 13.3. The Labute approximate surface area is 136 Å². The second-order valence-corrected chi connectivity index (χ2v) is 7.65. The minimum Gasteiger partial charge on any atom is -0.459 e. The molecule has 2 atom stereocenters. The van der Waals surface area contributed by atoms with Crippen LogP contribution in [0.25, 0.3) is 6.08 Å². The van der Waals surface area contributed by atoms with Crippen molar-refractivity contribution in [1.82, 2.24) is 5.32 Å². The third-order valence-corrected chi connectivity index (χ3v) is 4.59. The number of ether oxygens (including phenoxy) is 1. The highest BCUT2D eigenvalue weighted by Gasteiger charge is 2.42. The first-order valence-corrected chi connectivity index (χ1v) is 8.12. The van der Waals surface area contributed by atoms with Crippen molar-refractivity contribution >= 4 is 23.6 Å². The highest BCUT2D eigenvalue weighted by molar-refractivity contribution is 6.30. The molecule has 1 fully saturated rings. The van der Waals surface area contributed by atoms with E-state index in [1.807, 2.05) is 32.9 Å². The SMILES string of the molecule is CC(C)(C)OC(=O)C1CC2(C=Cc3cc(Cl)ccc32)CCN1. The van der Waals surface area contributed by atoms with Crippen LogP contribution in [0.2, 0.25) is 5.02 Å². The first kappa shape index (κ1) is 15.6. The van der Waals surface area contributed by atoms with Gasteiger partial charge in [-0.2, -0.15) is 0 Å². The van der Waals surface area contributed by atoms with E-state index >= 15 is 0 Å². The molecule has 0 bridgehead atoms. The molecular formula is C18H22ClNO2. The molecule has 4 heteroatoms. The molecule has 0 radical (unpaired) electrons. The van der Waals surface area contributed by atoms with Crippen molar-refractivity contribution < 1.29 is 9.53 Å². The molecule has 1 aromatic rings. The van der Waals surface area contributed by atoms with Crippen molar-refractivity contribution in [1.29, 1.82) is 0 Å². The number of rotatable bonds is 1. The number of carbonyl (C=O) groups is 1. The molecule has 1 heterocycles. The summed E-state index contributed by atoms with van der Waals surface area (Å²) in [6.45, 7) is 6.50. The fourth-order valence-corrected chi connectivity index (χ4v) is 3.59. The molecule has 2 unspecified atom stereocenters. The predicted molar refractivity (Wildman–Crippen MR) is 89.0 cm³/mol. The molecule has 1 aliphatic heterocycles. The lowest BCUT2D eigenvalue weighted by Gasteiger charge is -2.38. The number of esters is 1. The van der Waals surface area contributed by atoms with E-state index in [9.17, 15) is 4.79 Å². The lowest BCUT2D eigenvalue weighted by molar-refractivity contribution is -0.158. The van der Waals surface area contributed by atoms with Crippen LogP contribution in [0.3, 0.4) is 0 Å². The number of hydrogen-bond acceptors (Lipinski definition) is 3. The minimum absolute atomic E-state index is 0.0766. The van der Waals surface area contributed by atoms with E-state index in [4.69, 9.17) is 16.3 Å². The van der Waals surface area contributed by atoms with E-state index in [-0.39, 0.29) is 17.4 Å². The fraction of sp³-hybridized carbons (Fsp3) is 0.500. The number of piperidine rings is 1. The Morgan fingerprint density at radius 3 is 2.91 bits per heavy atom. The van der Waals surface area contributed by atoms with Gasteiger partial charge in [-0.1, -0.05) is 29.8 Å². The molecule has 3 nitrogen and oxygen atoms in total. The summed E-state index contributed by atoms with van der Waals surface area (Å²) >= 11 is 6.08. The van der Waals surface area contributed by atoms with Crippen molar-refractivity contribution in [2.75, 3.05) is 6.54 Å². The Balaban J connectivity index is 1.83. The Bertz CT molecular complexity index is 632. The summed E-state index contributed by atoms with van der Waals surface area (Å²) in [6.07, 6.45) is 6.06. The number of nitrogens with one attached hydrogen (secondary N) is 1. The van der Waals surface area contributed by atoms with Crippen LogP contribution >= 0.6 is 11.6 Å². The molecule has 0 aromatic heterocycles. The molecule has 1 aromatic carbocycles. The number of allylic oxidation sites excluding steroid dienone is 1. The molecular weight excluding hydrogens is 298 g/mol. The van der Waals surface area contributed by atoms with Crippen molar-refractivity contribution in [3.8, 4) is 0 Å². The maximum atomic E-state index is 12.4. The van der Waals surface area contributed by atoms with Gasteiger partial charge in [-0.25, -0.2) is 0 Å². The van der Waals surface area contributed by atoms with Gasteiger partial charge in [0, 0.05) is 10.4 Å². The average Bonchev–Trinajstić information content (AvgIpc) is 2.75. The topological polar surface area (TPSA) is 38.3 Å². The average molecular weight is 320 g/mol. The molecule has 1 N–H and O–H groups in total. The van der Waals surface area contributed by atoms with Gasteiger partial charge in [-0.3, -0.25) is 4.79 Å². The summed E-state index contributed by atoms with van der Waals surface area (Å²) in [5, 5.41) is 4.05. The van der Waals surface area contributed by atoms with Gasteiger partial charge < -0.3 is 10.1 Å². The quantitative estimate of drug-likeness (QED) is 0.802. The van der Waals surface area contributed by atoms with Crippen molar-refractivity contribution in [3.63, 3.8) is 0 Å². The summed E-state index contributed by atoms with van der Waals surface area (Å²) in [6, 6.07) is 5.75. The first-order chi connectivity index (χ1) is 10.3. The highest BCUT2D eigenvalue weighted by Crippen LogP contribution is 2.44. The standard InChI is InChI=1S/C18H22ClNO2/c1-17(2,3)22-16(21)15-11-18(8-9-20-15)7-6-12-10-13(19)4-5-14(12)18/h4-7,10,15,20H,8-9,11H2,1-3H3. The maximum absolute atomic E-state index is 12.4. The smallest absolute Gasteiger partial charge is 0.323 e. The van der Waals surface area contributed by atoms with Gasteiger partial charge in [0.05, 0.1) is 0 Å². The summed E-state index contributed by atoms with van der Waals surface area (Å²) in [4.78, 5) is 12.4. The Hall–Kier alpha value is -1.32. The highest BCUT2D eigenvalue weighted by atomic mass is 35.5. The number of halogens is 1. The van der Waals surface area contributed by atoms with E-state index < -0.39 is 5.60 Å². The van der Waals surface area contributed by atoms with Crippen LogP contribution < -0.4 is 5.32 Å². The fourth-order valence-electron chi connectivity index (χ4n) is 3.41. The van der Waals surface area contributed by atoms with E-state index in [0.29, 0.717) is 0 Å². The lowest BCUT2D eigenvalue weighted by atomic mass is 9.72. The summed E-state index contributed by atoms with van der Waals surface area (Å²) in [5.41, 5.74) is 1.90. The molecule has 2 aliphatic rings. The molecule has 0 saturated carbocycles. The van der Waals surface area contributed by atoms with E-state index in [0.717, 1.165) is 30.0 Å². The summed E-state index contributed by atoms with van der Waals surface area (Å²) in [5.74, 6) is -0.164. The third-order valence-electron chi connectivity index (χ3n) is 4.35. The van der Waals surface area contributed by atoms with Crippen LogP contribution in [0, 0.1) is 0 Å². The van der Waals surface area contributed by atoms with Crippen LogP contribution in [0.5, 0.6) is 0 Å². The van der Waals surface area contributed by atoms with Crippen molar-refractivity contribution in [2.45, 2.75) is 50.7 Å². The zero-order chi connectivity index (χ0) is 16.0. The Morgan fingerprint density at radius 1 is 1.41 bits per heavy atom. The van der Waals surface area contributed by atoms with Gasteiger partial charge in [0.15, 0.2) is 0 Å². The van der Waals surface area contributed by atoms with E-state index in [1.165, 1.54) is 5.56 Å². The number of benzene rings is 1. The summed E-state index contributed by atoms with van der Waals surface area (Å²) in [7, 11) is 0. The molecule has 118 valence electrons. The van der Waals surface area contributed by atoms with Gasteiger partial charge in [0.2, 0.25) is 0 Å². The first-order valence-electron chi connectivity index (χ1n) is 7.75. The number of carbonyl (C=O) groups excluding carboxylic acids is 1. The van der Waals surface area contributed by atoms with Crippen LogP contribution in [-0.2, 0) is 14.9 Å². The minimum atomic E-state index is -0.458. The van der Waals surface area contributed by atoms with Gasteiger partial charge in [-0.05, 0) is 63.4 Å². The van der Waals surface area contributed by atoms with Crippen LogP contribution in [0.4, 0.5) is 0 Å². The molecule has 1 saturated heterocycles. The second-order valence-electron chi connectivity index (χ2n) is 7.22. The van der Waals surface area contributed by atoms with Gasteiger partial charge >= 0.3 is 5.97 Å². The Kier molecular flexibility index (Phi) is 3.82. The number of hydrogen-bond donors (Lipinski definition) is 1. The summed E-state index contributed by atoms with van der Waals surface area (Å²) < 4.78 is 5.54. The maximum Gasteiger partial charge on any atom is 0.323 e. The van der Waals surface area contributed by atoms with Crippen LogP contribution in [-0.4, -0.2) is 24.2 Å². The molecule has 0 amide bonds. The van der Waals surface area contributed by atoms with E-state index in [2.05, 4.69) is 23.5 Å². The second kappa shape index (κ2) is 5.39. The molecule has 22 heavy (non-hydrogen) atoms. The molecule has 3 rings (SSSR count). The molecule has 1 aliphatic carbocycles. The lowest BCUT2D eigenvalue weighted by Crippen LogP contribution is -2.50. The van der Waals surface area contributed by atoms with Crippen LogP contribution in [0.15, 0.2) is 24.3 Å². The Morgan fingerprint density at radius 2 is 2.18 bits per heavy atom. The van der Waals surface area contributed by atoms with Crippen molar-refractivity contribution in [3.05, 3.63) is 40.4 Å². The van der Waals surface area contributed by atoms with Crippen LogP contribution in [0.1, 0.15) is 44.7 Å². The monoisotopic (exact) mass is 319 g/mol. The number of fused-ring (bicyclic) bond motifs is 2. The van der Waals surface area contributed by atoms with Gasteiger partial charge in [-0.15, -0.1) is 0 Å².